The number of hydrogen-bond donors (Lipinski definition) is 1. The van der Waals surface area contributed by atoms with E-state index in [4.69, 9.17) is 4.74 Å². The van der Waals surface area contributed by atoms with Crippen LogP contribution in [0.15, 0.2) is 65.7 Å². The van der Waals surface area contributed by atoms with Crippen molar-refractivity contribution in [1.29, 1.82) is 0 Å². The summed E-state index contributed by atoms with van der Waals surface area (Å²) in [6.45, 7) is 1.86. The maximum atomic E-state index is 12.8. The smallest absolute Gasteiger partial charge is 0.271 e. The maximum absolute atomic E-state index is 12.8. The van der Waals surface area contributed by atoms with Crippen molar-refractivity contribution in [3.8, 4) is 16.2 Å². The van der Waals surface area contributed by atoms with E-state index < -0.39 is 0 Å². The molecule has 2 aromatic heterocycles. The number of carbonyl (C=O) groups is 1. The minimum atomic E-state index is -0.272. The molecule has 0 atom stereocenters. The van der Waals surface area contributed by atoms with Crippen molar-refractivity contribution in [1.82, 2.24) is 9.55 Å². The van der Waals surface area contributed by atoms with E-state index in [1.807, 2.05) is 61.5 Å². The van der Waals surface area contributed by atoms with Gasteiger partial charge in [-0.2, -0.15) is 0 Å². The number of benzene rings is 2. The fraction of sp³-hybridized carbons (Fsp3) is 0.136. The number of methoxy groups -OCH3 is 1. The van der Waals surface area contributed by atoms with E-state index in [0.29, 0.717) is 15.9 Å². The summed E-state index contributed by atoms with van der Waals surface area (Å²) in [6, 6.07) is 17.0. The molecule has 0 spiro atoms. The van der Waals surface area contributed by atoms with Gasteiger partial charge >= 0.3 is 0 Å². The molecular formula is C22H19N3O3S. The van der Waals surface area contributed by atoms with Crippen LogP contribution in [0.2, 0.25) is 0 Å². The molecule has 4 aromatic rings. The van der Waals surface area contributed by atoms with Crippen molar-refractivity contribution in [2.45, 2.75) is 13.5 Å². The van der Waals surface area contributed by atoms with Crippen LogP contribution in [0.5, 0.6) is 5.75 Å². The highest BCUT2D eigenvalue weighted by Crippen LogP contribution is 2.31. The normalized spacial score (nSPS) is 10.8. The zero-order valence-electron chi connectivity index (χ0n) is 16.0. The lowest BCUT2D eigenvalue weighted by Gasteiger charge is -2.07. The Bertz CT molecular complexity index is 1240. The van der Waals surface area contributed by atoms with Crippen LogP contribution < -0.4 is 15.6 Å². The summed E-state index contributed by atoms with van der Waals surface area (Å²) < 4.78 is 7.05. The van der Waals surface area contributed by atoms with Crippen LogP contribution in [-0.4, -0.2) is 22.6 Å². The number of nitrogens with zero attached hydrogens (tertiary/aromatic N) is 2. The van der Waals surface area contributed by atoms with Crippen molar-refractivity contribution < 1.29 is 9.53 Å². The summed E-state index contributed by atoms with van der Waals surface area (Å²) in [6.07, 6.45) is 1.42. The van der Waals surface area contributed by atoms with Crippen LogP contribution in [0, 0.1) is 6.92 Å². The second-order valence-corrected chi connectivity index (χ2v) is 7.70. The second kappa shape index (κ2) is 7.89. The first kappa shape index (κ1) is 18.9. The molecule has 2 aromatic carbocycles. The first-order valence-electron chi connectivity index (χ1n) is 9.03. The molecule has 1 N–H and O–H groups in total. The Hall–Kier alpha value is -3.45. The van der Waals surface area contributed by atoms with E-state index in [9.17, 15) is 9.59 Å². The molecule has 6 nitrogen and oxygen atoms in total. The monoisotopic (exact) mass is 405 g/mol. The van der Waals surface area contributed by atoms with Gasteiger partial charge in [-0.15, -0.1) is 11.3 Å². The molecule has 2 heterocycles. The fourth-order valence-electron chi connectivity index (χ4n) is 3.03. The molecule has 0 bridgehead atoms. The van der Waals surface area contributed by atoms with Gasteiger partial charge in [0.05, 0.1) is 19.0 Å². The third-order valence-electron chi connectivity index (χ3n) is 4.49. The molecule has 29 heavy (non-hydrogen) atoms. The van der Waals surface area contributed by atoms with Gasteiger partial charge in [-0.1, -0.05) is 12.1 Å². The predicted octanol–water partition coefficient (Wildman–Crippen LogP) is 4.08. The molecule has 146 valence electrons. The number of aryl methyl sites for hydroxylation is 1. The first-order valence-corrected chi connectivity index (χ1v) is 9.85. The lowest BCUT2D eigenvalue weighted by Crippen LogP contribution is -2.27. The van der Waals surface area contributed by atoms with E-state index >= 15 is 0 Å². The fourth-order valence-corrected chi connectivity index (χ4v) is 4.10. The molecule has 4 rings (SSSR count). The van der Waals surface area contributed by atoms with Crippen molar-refractivity contribution in [2.75, 3.05) is 12.4 Å². The Labute approximate surface area is 171 Å². The molecule has 0 aliphatic rings. The molecule has 0 saturated carbocycles. The van der Waals surface area contributed by atoms with Gasteiger partial charge in [-0.05, 0) is 60.5 Å². The highest BCUT2D eigenvalue weighted by Gasteiger charge is 2.13. The van der Waals surface area contributed by atoms with Gasteiger partial charge in [0, 0.05) is 10.6 Å². The molecule has 0 saturated heterocycles. The lowest BCUT2D eigenvalue weighted by molar-refractivity contribution is -0.116. The minimum Gasteiger partial charge on any atom is -0.497 e. The number of rotatable bonds is 5. The summed E-state index contributed by atoms with van der Waals surface area (Å²) in [4.78, 5) is 30.5. The number of thiophene rings is 1. The van der Waals surface area contributed by atoms with Gasteiger partial charge < -0.3 is 10.1 Å². The quantitative estimate of drug-likeness (QED) is 0.543. The first-order chi connectivity index (χ1) is 14.0. The summed E-state index contributed by atoms with van der Waals surface area (Å²) in [5.41, 5.74) is 3.14. The molecule has 0 aliphatic heterocycles. The molecule has 0 fully saturated rings. The summed E-state index contributed by atoms with van der Waals surface area (Å²) >= 11 is 1.37. The average molecular weight is 405 g/mol. The molecule has 0 radical (unpaired) electrons. The Balaban J connectivity index is 1.58. The molecule has 7 heteroatoms. The highest BCUT2D eigenvalue weighted by atomic mass is 32.1. The Kier molecular flexibility index (Phi) is 5.14. The minimum absolute atomic E-state index is 0.0918. The van der Waals surface area contributed by atoms with Gasteiger partial charge in [0.25, 0.3) is 5.56 Å². The van der Waals surface area contributed by atoms with Gasteiger partial charge in [0.15, 0.2) is 0 Å². The van der Waals surface area contributed by atoms with E-state index in [2.05, 4.69) is 10.3 Å². The second-order valence-electron chi connectivity index (χ2n) is 6.65. The summed E-state index contributed by atoms with van der Waals surface area (Å²) in [7, 11) is 1.62. The van der Waals surface area contributed by atoms with Crippen LogP contribution in [0.25, 0.3) is 20.7 Å². The summed E-state index contributed by atoms with van der Waals surface area (Å²) in [5, 5.41) is 2.81. The Morgan fingerprint density at radius 2 is 1.97 bits per heavy atom. The van der Waals surface area contributed by atoms with E-state index in [1.165, 1.54) is 22.2 Å². The topological polar surface area (TPSA) is 73.2 Å². The zero-order valence-corrected chi connectivity index (χ0v) is 16.8. The average Bonchev–Trinajstić information content (AvgIpc) is 3.15. The number of amides is 1. The van der Waals surface area contributed by atoms with Crippen LogP contribution in [0.3, 0.4) is 0 Å². The number of fused-ring (bicyclic) bond motifs is 1. The van der Waals surface area contributed by atoms with Crippen molar-refractivity contribution in [3.63, 3.8) is 0 Å². The summed E-state index contributed by atoms with van der Waals surface area (Å²) in [5.74, 6) is 0.501. The number of aromatic nitrogens is 2. The van der Waals surface area contributed by atoms with Gasteiger partial charge in [0.1, 0.15) is 17.0 Å². The highest BCUT2D eigenvalue weighted by molar-refractivity contribution is 7.22. The third kappa shape index (κ3) is 4.05. The van der Waals surface area contributed by atoms with Gasteiger partial charge in [-0.3, -0.25) is 14.2 Å². The largest absolute Gasteiger partial charge is 0.497 e. The van der Waals surface area contributed by atoms with Crippen LogP contribution in [0.1, 0.15) is 5.56 Å². The van der Waals surface area contributed by atoms with E-state index in [-0.39, 0.29) is 18.0 Å². The maximum Gasteiger partial charge on any atom is 0.271 e. The molecule has 0 aliphatic carbocycles. The third-order valence-corrected chi connectivity index (χ3v) is 5.66. The van der Waals surface area contributed by atoms with Gasteiger partial charge in [-0.25, -0.2) is 4.98 Å². The predicted molar refractivity (Wildman–Crippen MR) is 116 cm³/mol. The Morgan fingerprint density at radius 1 is 1.17 bits per heavy atom. The van der Waals surface area contributed by atoms with Crippen molar-refractivity contribution >= 4 is 33.1 Å². The molecule has 0 unspecified atom stereocenters. The SMILES string of the molecule is COc1ccc(-c2cc3ncn(CC(=O)Nc4cccc(C)c4)c(=O)c3s2)cc1. The number of carbonyl (C=O) groups excluding carboxylic acids is 1. The van der Waals surface area contributed by atoms with E-state index in [0.717, 1.165) is 21.8 Å². The van der Waals surface area contributed by atoms with Crippen molar-refractivity contribution in [2.24, 2.45) is 0 Å². The van der Waals surface area contributed by atoms with Crippen molar-refractivity contribution in [3.05, 3.63) is 76.8 Å². The molecule has 1 amide bonds. The molecular weight excluding hydrogens is 386 g/mol. The number of hydrogen-bond acceptors (Lipinski definition) is 5. The van der Waals surface area contributed by atoms with Crippen LogP contribution in [-0.2, 0) is 11.3 Å². The van der Waals surface area contributed by atoms with Crippen LogP contribution in [0.4, 0.5) is 5.69 Å². The Morgan fingerprint density at radius 3 is 2.69 bits per heavy atom. The standard InChI is InChI=1S/C22H19N3O3S/c1-14-4-3-5-16(10-14)24-20(26)12-25-13-23-18-11-19(29-21(18)22(25)27)15-6-8-17(28-2)9-7-15/h3-11,13H,12H2,1-2H3,(H,24,26). The van der Waals surface area contributed by atoms with Gasteiger partial charge in [0.2, 0.25) is 5.91 Å². The number of anilines is 1. The zero-order chi connectivity index (χ0) is 20.4. The number of nitrogens with one attached hydrogen (secondary N) is 1. The lowest BCUT2D eigenvalue weighted by atomic mass is 10.2. The van der Waals surface area contributed by atoms with E-state index in [1.54, 1.807) is 7.11 Å². The number of ether oxygens (including phenoxy) is 1. The van der Waals surface area contributed by atoms with Crippen LogP contribution >= 0.6 is 11.3 Å².